The van der Waals surface area contributed by atoms with Crippen molar-refractivity contribution < 1.29 is 9.66 Å². The molecule has 0 aromatic heterocycles. The number of hydrogen-bond donors (Lipinski definition) is 2. The van der Waals surface area contributed by atoms with Crippen molar-refractivity contribution in [3.8, 4) is 5.75 Å². The highest BCUT2D eigenvalue weighted by atomic mass is 16.6. The number of nitrogens with one attached hydrogen (secondary N) is 1. The van der Waals surface area contributed by atoms with Gasteiger partial charge in [0.05, 0.1) is 11.0 Å². The monoisotopic (exact) mass is 235 g/mol. The number of fused-ring (bicyclic) bond motifs is 1. The lowest BCUT2D eigenvalue weighted by Crippen LogP contribution is -2.33. The first-order valence-electron chi connectivity index (χ1n) is 5.28. The van der Waals surface area contributed by atoms with Crippen LogP contribution in [0.25, 0.3) is 6.08 Å². The second kappa shape index (κ2) is 4.42. The van der Waals surface area contributed by atoms with Crippen LogP contribution in [-0.2, 0) is 0 Å². The largest absolute Gasteiger partial charge is 0.471 e. The van der Waals surface area contributed by atoms with Crippen molar-refractivity contribution in [2.75, 3.05) is 12.3 Å². The van der Waals surface area contributed by atoms with Crippen LogP contribution in [0.1, 0.15) is 12.5 Å². The van der Waals surface area contributed by atoms with Crippen molar-refractivity contribution in [1.82, 2.24) is 5.32 Å². The summed E-state index contributed by atoms with van der Waals surface area (Å²) in [6, 6.07) is 2.91. The summed E-state index contributed by atoms with van der Waals surface area (Å²) in [6.07, 6.45) is 3.43. The Morgan fingerprint density at radius 3 is 3.00 bits per heavy atom. The number of nitro groups is 1. The van der Waals surface area contributed by atoms with E-state index in [1.807, 2.05) is 19.1 Å². The van der Waals surface area contributed by atoms with Crippen molar-refractivity contribution in [2.45, 2.75) is 13.2 Å². The van der Waals surface area contributed by atoms with Crippen molar-refractivity contribution in [1.29, 1.82) is 0 Å². The molecule has 1 unspecified atom stereocenters. The van der Waals surface area contributed by atoms with Gasteiger partial charge in [-0.1, -0.05) is 13.0 Å². The van der Waals surface area contributed by atoms with Crippen molar-refractivity contribution in [3.05, 3.63) is 33.9 Å². The average molecular weight is 235 g/mol. The van der Waals surface area contributed by atoms with Crippen molar-refractivity contribution >= 4 is 17.5 Å². The molecule has 1 heterocycles. The van der Waals surface area contributed by atoms with Gasteiger partial charge in [-0.05, 0) is 18.7 Å². The standard InChI is InChI=1S/C11H13N3O3/c1-2-13-11-4-3-7-5-8(12)9(14(15)16)6-10(7)17-11/h3-6,11,13H,2,12H2,1H3. The molecule has 3 N–H and O–H groups in total. The summed E-state index contributed by atoms with van der Waals surface area (Å²) < 4.78 is 5.56. The molecular formula is C11H13N3O3. The number of ether oxygens (including phenoxy) is 1. The highest BCUT2D eigenvalue weighted by Crippen LogP contribution is 2.34. The summed E-state index contributed by atoms with van der Waals surface area (Å²) in [7, 11) is 0. The molecule has 1 aliphatic rings. The number of hydrogen-bond acceptors (Lipinski definition) is 5. The third-order valence-electron chi connectivity index (χ3n) is 2.47. The maximum Gasteiger partial charge on any atom is 0.295 e. The molecule has 0 saturated carbocycles. The van der Waals surface area contributed by atoms with Crippen LogP contribution in [0, 0.1) is 10.1 Å². The number of nitrogen functional groups attached to an aromatic ring is 1. The minimum Gasteiger partial charge on any atom is -0.471 e. The molecule has 0 spiro atoms. The van der Waals surface area contributed by atoms with E-state index in [9.17, 15) is 10.1 Å². The van der Waals surface area contributed by atoms with Gasteiger partial charge in [0.1, 0.15) is 11.4 Å². The zero-order valence-electron chi connectivity index (χ0n) is 9.34. The fourth-order valence-electron chi connectivity index (χ4n) is 1.67. The molecule has 6 heteroatoms. The predicted octanol–water partition coefficient (Wildman–Crippen LogP) is 1.52. The first kappa shape index (κ1) is 11.4. The number of nitrogens with two attached hydrogens (primary N) is 1. The average Bonchev–Trinajstić information content (AvgIpc) is 2.28. The van der Waals surface area contributed by atoms with E-state index in [0.29, 0.717) is 5.75 Å². The SMILES string of the molecule is CCNC1C=Cc2cc(N)c([N+](=O)[O-])cc2O1. The van der Waals surface area contributed by atoms with E-state index in [-0.39, 0.29) is 17.6 Å². The number of anilines is 1. The van der Waals surface area contributed by atoms with E-state index >= 15 is 0 Å². The fourth-order valence-corrected chi connectivity index (χ4v) is 1.67. The summed E-state index contributed by atoms with van der Waals surface area (Å²) in [4.78, 5) is 10.2. The maximum absolute atomic E-state index is 10.8. The van der Waals surface area contributed by atoms with Gasteiger partial charge in [-0.25, -0.2) is 0 Å². The lowest BCUT2D eigenvalue weighted by Gasteiger charge is -2.21. The molecular weight excluding hydrogens is 222 g/mol. The van der Waals surface area contributed by atoms with Gasteiger partial charge in [-0.3, -0.25) is 15.4 Å². The molecule has 0 bridgehead atoms. The van der Waals surface area contributed by atoms with Crippen LogP contribution in [0.3, 0.4) is 0 Å². The first-order chi connectivity index (χ1) is 8.11. The topological polar surface area (TPSA) is 90.4 Å². The van der Waals surface area contributed by atoms with Gasteiger partial charge in [0.2, 0.25) is 0 Å². The van der Waals surface area contributed by atoms with Gasteiger partial charge >= 0.3 is 0 Å². The van der Waals surface area contributed by atoms with Gasteiger partial charge in [-0.15, -0.1) is 0 Å². The van der Waals surface area contributed by atoms with Gasteiger partial charge in [0.25, 0.3) is 5.69 Å². The van der Waals surface area contributed by atoms with Crippen LogP contribution in [0.4, 0.5) is 11.4 Å². The molecule has 1 atom stereocenters. The molecule has 90 valence electrons. The van der Waals surface area contributed by atoms with E-state index in [4.69, 9.17) is 10.5 Å². The second-order valence-corrected chi connectivity index (χ2v) is 3.66. The normalized spacial score (nSPS) is 17.4. The molecule has 0 aliphatic carbocycles. The van der Waals surface area contributed by atoms with Crippen LogP contribution in [0.5, 0.6) is 5.75 Å². The van der Waals surface area contributed by atoms with Crippen molar-refractivity contribution in [2.24, 2.45) is 0 Å². The Hall–Kier alpha value is -2.08. The van der Waals surface area contributed by atoms with Gasteiger partial charge in [-0.2, -0.15) is 0 Å². The Morgan fingerprint density at radius 2 is 2.35 bits per heavy atom. The summed E-state index contributed by atoms with van der Waals surface area (Å²) in [5.74, 6) is 0.472. The van der Waals surface area contributed by atoms with Crippen LogP contribution < -0.4 is 15.8 Å². The molecule has 1 aromatic rings. The minimum absolute atomic E-state index is 0.130. The first-order valence-corrected chi connectivity index (χ1v) is 5.28. The molecule has 1 aromatic carbocycles. The summed E-state index contributed by atoms with van der Waals surface area (Å²) in [6.45, 7) is 2.71. The van der Waals surface area contributed by atoms with E-state index in [2.05, 4.69) is 5.32 Å². The van der Waals surface area contributed by atoms with E-state index in [1.165, 1.54) is 6.07 Å². The Morgan fingerprint density at radius 1 is 1.59 bits per heavy atom. The lowest BCUT2D eigenvalue weighted by molar-refractivity contribution is -0.384. The molecule has 1 aliphatic heterocycles. The van der Waals surface area contributed by atoms with Gasteiger partial charge in [0.15, 0.2) is 6.23 Å². The molecule has 2 rings (SSSR count). The quantitative estimate of drug-likeness (QED) is 0.471. The molecule has 17 heavy (non-hydrogen) atoms. The Labute approximate surface area is 98.2 Å². The Bertz CT molecular complexity index is 485. The van der Waals surface area contributed by atoms with Crippen LogP contribution in [-0.4, -0.2) is 17.7 Å². The zero-order valence-corrected chi connectivity index (χ0v) is 9.34. The Kier molecular flexibility index (Phi) is 2.97. The minimum atomic E-state index is -0.514. The molecule has 0 fully saturated rings. The lowest BCUT2D eigenvalue weighted by atomic mass is 10.1. The number of benzene rings is 1. The van der Waals surface area contributed by atoms with E-state index in [1.54, 1.807) is 6.07 Å². The second-order valence-electron chi connectivity index (χ2n) is 3.66. The number of nitro benzene ring substituents is 1. The van der Waals surface area contributed by atoms with Crippen LogP contribution in [0.15, 0.2) is 18.2 Å². The zero-order chi connectivity index (χ0) is 12.4. The molecule has 6 nitrogen and oxygen atoms in total. The van der Waals surface area contributed by atoms with Crippen LogP contribution >= 0.6 is 0 Å². The van der Waals surface area contributed by atoms with Crippen molar-refractivity contribution in [3.63, 3.8) is 0 Å². The third kappa shape index (κ3) is 2.21. The summed E-state index contributed by atoms with van der Waals surface area (Å²) in [5.41, 5.74) is 6.36. The number of likely N-dealkylation sites (N-methyl/N-ethyl adjacent to an activating group) is 1. The highest BCUT2D eigenvalue weighted by molar-refractivity contribution is 5.71. The summed E-state index contributed by atoms with van der Waals surface area (Å²) in [5, 5.41) is 13.8. The number of nitrogens with zero attached hydrogens (tertiary/aromatic N) is 1. The summed E-state index contributed by atoms with van der Waals surface area (Å²) >= 11 is 0. The van der Waals surface area contributed by atoms with Crippen LogP contribution in [0.2, 0.25) is 0 Å². The Balaban J connectivity index is 2.36. The smallest absolute Gasteiger partial charge is 0.295 e. The fraction of sp³-hybridized carbons (Fsp3) is 0.273. The molecule has 0 saturated heterocycles. The third-order valence-corrected chi connectivity index (χ3v) is 2.47. The molecule has 0 radical (unpaired) electrons. The van der Waals surface area contributed by atoms with E-state index in [0.717, 1.165) is 12.1 Å². The number of rotatable bonds is 3. The molecule has 0 amide bonds. The van der Waals surface area contributed by atoms with Gasteiger partial charge in [0, 0.05) is 5.56 Å². The van der Waals surface area contributed by atoms with E-state index < -0.39 is 4.92 Å². The maximum atomic E-state index is 10.8. The van der Waals surface area contributed by atoms with Gasteiger partial charge < -0.3 is 10.5 Å². The highest BCUT2D eigenvalue weighted by Gasteiger charge is 2.20. The predicted molar refractivity (Wildman–Crippen MR) is 64.6 cm³/mol.